The van der Waals surface area contributed by atoms with E-state index in [-0.39, 0.29) is 5.91 Å². The van der Waals surface area contributed by atoms with Gasteiger partial charge in [-0.25, -0.2) is 9.78 Å². The topological polar surface area (TPSA) is 88.5 Å². The number of aliphatic carboxylic acids is 1. The predicted molar refractivity (Wildman–Crippen MR) is 130 cm³/mol. The monoisotopic (exact) mass is 466 g/mol. The lowest BCUT2D eigenvalue weighted by Crippen LogP contribution is -2.29. The zero-order valence-corrected chi connectivity index (χ0v) is 20.0. The molecule has 7 heteroatoms. The van der Waals surface area contributed by atoms with Crippen LogP contribution in [0.2, 0.25) is 5.02 Å². The highest BCUT2D eigenvalue weighted by Crippen LogP contribution is 2.39. The maximum atomic E-state index is 12.8. The molecular weight excluding hydrogens is 440 g/mol. The Morgan fingerprint density at radius 1 is 1.03 bits per heavy atom. The summed E-state index contributed by atoms with van der Waals surface area (Å²) in [6, 6.07) is 15.9. The number of pyridine rings is 1. The molecule has 2 N–H and O–H groups in total. The first kappa shape index (κ1) is 24.4. The fraction of sp³-hybridized carbons (Fsp3) is 0.269. The van der Waals surface area contributed by atoms with Crippen molar-refractivity contribution >= 4 is 29.3 Å². The highest BCUT2D eigenvalue weighted by atomic mass is 35.5. The molecular formula is C26H27ClN2O4. The second kappa shape index (κ2) is 9.73. The molecule has 1 amide bonds. The van der Waals surface area contributed by atoms with Gasteiger partial charge in [0.2, 0.25) is 0 Å². The van der Waals surface area contributed by atoms with Crippen molar-refractivity contribution in [2.45, 2.75) is 46.3 Å². The standard InChI is InChI=1S/C26H27ClN2O4/c1-15-20(17-11-13-19(27)14-12-17)21(22(25(31)32)33-26(3,4)5)16(2)28-23(15)29-24(30)18-9-7-6-8-10-18/h6-14,22H,1-5H3,(H,31,32)(H,28,29,30)/t22-/m0/s1. The van der Waals surface area contributed by atoms with Crippen molar-refractivity contribution in [1.29, 1.82) is 0 Å². The molecule has 1 atom stereocenters. The molecule has 3 rings (SSSR count). The second-order valence-corrected chi connectivity index (χ2v) is 9.17. The Morgan fingerprint density at radius 3 is 2.18 bits per heavy atom. The molecule has 0 aliphatic rings. The van der Waals surface area contributed by atoms with Crippen molar-refractivity contribution in [3.63, 3.8) is 0 Å². The number of carbonyl (C=O) groups excluding carboxylic acids is 1. The molecule has 2 aromatic carbocycles. The number of amides is 1. The third kappa shape index (κ3) is 5.78. The lowest BCUT2D eigenvalue weighted by atomic mass is 9.91. The number of benzene rings is 2. The normalized spacial score (nSPS) is 12.3. The molecule has 0 fully saturated rings. The van der Waals surface area contributed by atoms with Crippen LogP contribution in [0.25, 0.3) is 11.1 Å². The van der Waals surface area contributed by atoms with Crippen LogP contribution in [-0.2, 0) is 9.53 Å². The van der Waals surface area contributed by atoms with Gasteiger partial charge < -0.3 is 15.2 Å². The third-order valence-corrected chi connectivity index (χ3v) is 5.28. The summed E-state index contributed by atoms with van der Waals surface area (Å²) >= 11 is 6.09. The van der Waals surface area contributed by atoms with Gasteiger partial charge in [0.25, 0.3) is 5.91 Å². The Kier molecular flexibility index (Phi) is 7.20. The van der Waals surface area contributed by atoms with E-state index in [1.165, 1.54) is 0 Å². The molecule has 3 aromatic rings. The van der Waals surface area contributed by atoms with Crippen LogP contribution in [0.1, 0.15) is 54.1 Å². The quantitative estimate of drug-likeness (QED) is 0.450. The van der Waals surface area contributed by atoms with Gasteiger partial charge in [-0.1, -0.05) is 41.9 Å². The van der Waals surface area contributed by atoms with Crippen molar-refractivity contribution < 1.29 is 19.4 Å². The molecule has 0 spiro atoms. The first-order valence-electron chi connectivity index (χ1n) is 10.5. The van der Waals surface area contributed by atoms with Crippen LogP contribution in [0.15, 0.2) is 54.6 Å². The summed E-state index contributed by atoms with van der Waals surface area (Å²) in [7, 11) is 0. The maximum Gasteiger partial charge on any atom is 0.337 e. The number of nitrogens with zero attached hydrogens (tertiary/aromatic N) is 1. The minimum Gasteiger partial charge on any atom is -0.479 e. The van der Waals surface area contributed by atoms with Crippen molar-refractivity contribution in [1.82, 2.24) is 4.98 Å². The smallest absolute Gasteiger partial charge is 0.337 e. The molecule has 6 nitrogen and oxygen atoms in total. The van der Waals surface area contributed by atoms with Crippen LogP contribution in [-0.4, -0.2) is 27.6 Å². The van der Waals surface area contributed by atoms with E-state index in [4.69, 9.17) is 16.3 Å². The van der Waals surface area contributed by atoms with E-state index in [2.05, 4.69) is 10.3 Å². The van der Waals surface area contributed by atoms with Crippen molar-refractivity contribution in [2.24, 2.45) is 0 Å². The van der Waals surface area contributed by atoms with Gasteiger partial charge in [-0.2, -0.15) is 0 Å². The Hall–Kier alpha value is -3.22. The van der Waals surface area contributed by atoms with Gasteiger partial charge in [-0.3, -0.25) is 4.79 Å². The molecule has 0 aliphatic carbocycles. The van der Waals surface area contributed by atoms with Gasteiger partial charge in [0.05, 0.1) is 5.60 Å². The van der Waals surface area contributed by atoms with Crippen LogP contribution in [0.5, 0.6) is 0 Å². The summed E-state index contributed by atoms with van der Waals surface area (Å²) in [6.07, 6.45) is -1.25. The molecule has 0 saturated heterocycles. The molecule has 0 unspecified atom stereocenters. The Bertz CT molecular complexity index is 1170. The van der Waals surface area contributed by atoms with Crippen LogP contribution in [0, 0.1) is 13.8 Å². The van der Waals surface area contributed by atoms with E-state index in [0.717, 1.165) is 5.56 Å². The van der Waals surface area contributed by atoms with Crippen molar-refractivity contribution in [3.8, 4) is 11.1 Å². The van der Waals surface area contributed by atoms with Crippen molar-refractivity contribution in [2.75, 3.05) is 5.32 Å². The Balaban J connectivity index is 2.21. The van der Waals surface area contributed by atoms with E-state index in [1.807, 2.05) is 18.2 Å². The largest absolute Gasteiger partial charge is 0.479 e. The molecule has 33 heavy (non-hydrogen) atoms. The zero-order chi connectivity index (χ0) is 24.3. The SMILES string of the molecule is Cc1nc(NC(=O)c2ccccc2)c(C)c(-c2ccc(Cl)cc2)c1[C@H](OC(C)(C)C)C(=O)O. The van der Waals surface area contributed by atoms with Gasteiger partial charge in [-0.05, 0) is 70.0 Å². The minimum atomic E-state index is -1.25. The number of carboxylic acids is 1. The highest BCUT2D eigenvalue weighted by molar-refractivity contribution is 6.30. The van der Waals surface area contributed by atoms with Gasteiger partial charge in [-0.15, -0.1) is 0 Å². The van der Waals surface area contributed by atoms with Gasteiger partial charge in [0.1, 0.15) is 5.82 Å². The zero-order valence-electron chi connectivity index (χ0n) is 19.3. The molecule has 0 bridgehead atoms. The summed E-state index contributed by atoms with van der Waals surface area (Å²) in [4.78, 5) is 29.7. The fourth-order valence-corrected chi connectivity index (χ4v) is 3.73. The first-order valence-corrected chi connectivity index (χ1v) is 10.9. The summed E-state index contributed by atoms with van der Waals surface area (Å²) < 4.78 is 5.94. The van der Waals surface area contributed by atoms with E-state index in [1.54, 1.807) is 71.0 Å². The Labute approximate surface area is 198 Å². The summed E-state index contributed by atoms with van der Waals surface area (Å²) in [5.74, 6) is -1.07. The number of anilines is 1. The van der Waals surface area contributed by atoms with E-state index in [9.17, 15) is 14.7 Å². The van der Waals surface area contributed by atoms with Crippen LogP contribution in [0.4, 0.5) is 5.82 Å². The first-order chi connectivity index (χ1) is 15.5. The summed E-state index contributed by atoms with van der Waals surface area (Å²) in [5, 5.41) is 13.5. The van der Waals surface area contributed by atoms with E-state index >= 15 is 0 Å². The number of carboxylic acid groups (broad SMARTS) is 1. The predicted octanol–water partition coefficient (Wildman–Crippen LogP) is 6.21. The van der Waals surface area contributed by atoms with Gasteiger partial charge >= 0.3 is 5.97 Å². The van der Waals surface area contributed by atoms with Crippen LogP contribution < -0.4 is 5.32 Å². The number of halogens is 1. The molecule has 1 aromatic heterocycles. The number of aryl methyl sites for hydroxylation is 1. The van der Waals surface area contributed by atoms with Gasteiger partial charge in [0, 0.05) is 27.4 Å². The Morgan fingerprint density at radius 2 is 1.64 bits per heavy atom. The number of rotatable bonds is 6. The van der Waals surface area contributed by atoms with Crippen LogP contribution >= 0.6 is 11.6 Å². The van der Waals surface area contributed by atoms with E-state index in [0.29, 0.717) is 38.8 Å². The fourth-order valence-electron chi connectivity index (χ4n) is 3.60. The van der Waals surface area contributed by atoms with Crippen molar-refractivity contribution in [3.05, 3.63) is 82.0 Å². The lowest BCUT2D eigenvalue weighted by Gasteiger charge is -2.28. The highest BCUT2D eigenvalue weighted by Gasteiger charge is 2.33. The third-order valence-electron chi connectivity index (χ3n) is 5.03. The molecule has 0 saturated carbocycles. The average molecular weight is 467 g/mol. The second-order valence-electron chi connectivity index (χ2n) is 8.74. The lowest BCUT2D eigenvalue weighted by molar-refractivity contribution is -0.160. The van der Waals surface area contributed by atoms with Gasteiger partial charge in [0.15, 0.2) is 6.10 Å². The maximum absolute atomic E-state index is 12.8. The minimum absolute atomic E-state index is 0.305. The molecule has 0 aliphatic heterocycles. The number of hydrogen-bond acceptors (Lipinski definition) is 4. The van der Waals surface area contributed by atoms with Crippen LogP contribution in [0.3, 0.4) is 0 Å². The number of carbonyl (C=O) groups is 2. The molecule has 0 radical (unpaired) electrons. The summed E-state index contributed by atoms with van der Waals surface area (Å²) in [6.45, 7) is 8.92. The van der Waals surface area contributed by atoms with E-state index < -0.39 is 17.7 Å². The molecule has 172 valence electrons. The summed E-state index contributed by atoms with van der Waals surface area (Å²) in [5.41, 5.74) is 2.69. The number of aromatic nitrogens is 1. The number of nitrogens with one attached hydrogen (secondary N) is 1. The number of ether oxygens (including phenoxy) is 1. The average Bonchev–Trinajstić information content (AvgIpc) is 2.75. The number of hydrogen-bond donors (Lipinski definition) is 2. The molecule has 1 heterocycles.